The number of amides is 2. The van der Waals surface area contributed by atoms with Crippen LogP contribution in [0.25, 0.3) is 0 Å². The Bertz CT molecular complexity index is 582. The Kier molecular flexibility index (Phi) is 5.35. The van der Waals surface area contributed by atoms with E-state index in [0.29, 0.717) is 20.9 Å². The van der Waals surface area contributed by atoms with E-state index < -0.39 is 0 Å². The van der Waals surface area contributed by atoms with Crippen LogP contribution in [-0.4, -0.2) is 73.2 Å². The average molecular weight is 321 g/mol. The number of nitrogens with zero attached hydrogens (tertiary/aromatic N) is 3. The Labute approximate surface area is 136 Å². The minimum Gasteiger partial charge on any atom is -0.326 e. The summed E-state index contributed by atoms with van der Waals surface area (Å²) in [7, 11) is 4.10. The minimum absolute atomic E-state index is 0.200. The number of carbonyl (C=O) groups is 2. The molecule has 2 rings (SSSR count). The molecule has 1 aromatic carbocycles. The SMILES string of the molecule is CC(=O)Nc1cccc(N(O)C(=O)C[N+]2(C)CCN(C)CC2)c1. The first-order valence-corrected chi connectivity index (χ1v) is 7.71. The van der Waals surface area contributed by atoms with Gasteiger partial charge in [0.1, 0.15) is 0 Å². The van der Waals surface area contributed by atoms with Gasteiger partial charge in [-0.25, -0.2) is 0 Å². The predicted octanol–water partition coefficient (Wildman–Crippen LogP) is 0.759. The van der Waals surface area contributed by atoms with Gasteiger partial charge in [-0.05, 0) is 25.2 Å². The number of rotatable bonds is 4. The van der Waals surface area contributed by atoms with Crippen LogP contribution in [0.4, 0.5) is 11.4 Å². The molecule has 0 aromatic heterocycles. The number of anilines is 2. The third kappa shape index (κ3) is 4.75. The van der Waals surface area contributed by atoms with Crippen LogP contribution >= 0.6 is 0 Å². The van der Waals surface area contributed by atoms with Crippen molar-refractivity contribution in [3.05, 3.63) is 24.3 Å². The van der Waals surface area contributed by atoms with Crippen LogP contribution in [0, 0.1) is 0 Å². The van der Waals surface area contributed by atoms with Crippen molar-refractivity contribution < 1.29 is 19.3 Å². The smallest absolute Gasteiger partial charge is 0.305 e. The number of hydroxylamine groups is 1. The second-order valence-electron chi connectivity index (χ2n) is 6.47. The molecule has 126 valence electrons. The quantitative estimate of drug-likeness (QED) is 0.488. The second kappa shape index (κ2) is 7.08. The fourth-order valence-corrected chi connectivity index (χ4v) is 2.66. The molecular formula is C16H25N4O3+. The molecule has 2 N–H and O–H groups in total. The van der Waals surface area contributed by atoms with Gasteiger partial charge in [-0.15, -0.1) is 0 Å². The number of carbonyl (C=O) groups excluding carboxylic acids is 2. The number of hydrogen-bond acceptors (Lipinski definition) is 4. The molecular weight excluding hydrogens is 296 g/mol. The molecule has 0 saturated carbocycles. The van der Waals surface area contributed by atoms with Gasteiger partial charge in [-0.2, -0.15) is 5.06 Å². The van der Waals surface area contributed by atoms with Crippen molar-refractivity contribution >= 4 is 23.2 Å². The van der Waals surface area contributed by atoms with E-state index in [-0.39, 0.29) is 18.4 Å². The fraction of sp³-hybridized carbons (Fsp3) is 0.500. The summed E-state index contributed by atoms with van der Waals surface area (Å²) in [5.74, 6) is -0.550. The van der Waals surface area contributed by atoms with Gasteiger partial charge in [-0.1, -0.05) is 6.07 Å². The largest absolute Gasteiger partial charge is 0.326 e. The van der Waals surface area contributed by atoms with Gasteiger partial charge in [0.05, 0.1) is 25.8 Å². The molecule has 0 spiro atoms. The summed E-state index contributed by atoms with van der Waals surface area (Å²) in [6.45, 7) is 5.28. The zero-order chi connectivity index (χ0) is 17.0. The molecule has 1 aliphatic rings. The maximum Gasteiger partial charge on any atom is 0.305 e. The van der Waals surface area contributed by atoms with Crippen LogP contribution in [0.2, 0.25) is 0 Å². The minimum atomic E-state index is -0.350. The molecule has 1 fully saturated rings. The monoisotopic (exact) mass is 321 g/mol. The molecule has 7 heteroatoms. The highest BCUT2D eigenvalue weighted by Crippen LogP contribution is 2.19. The summed E-state index contributed by atoms with van der Waals surface area (Å²) in [5.41, 5.74) is 0.892. The van der Waals surface area contributed by atoms with Crippen LogP contribution in [-0.2, 0) is 9.59 Å². The van der Waals surface area contributed by atoms with Crippen LogP contribution in [0.1, 0.15) is 6.92 Å². The Morgan fingerprint density at radius 1 is 1.35 bits per heavy atom. The van der Waals surface area contributed by atoms with Gasteiger partial charge in [0.25, 0.3) is 0 Å². The molecule has 0 aliphatic carbocycles. The summed E-state index contributed by atoms with van der Waals surface area (Å²) in [5, 5.41) is 13.5. The summed E-state index contributed by atoms with van der Waals surface area (Å²) < 4.78 is 0.617. The van der Waals surface area contributed by atoms with Crippen molar-refractivity contribution in [2.75, 3.05) is 57.2 Å². The van der Waals surface area contributed by atoms with Gasteiger partial charge < -0.3 is 9.80 Å². The molecule has 7 nitrogen and oxygen atoms in total. The van der Waals surface area contributed by atoms with E-state index in [1.165, 1.54) is 6.92 Å². The van der Waals surface area contributed by atoms with Crippen LogP contribution in [0.5, 0.6) is 0 Å². The van der Waals surface area contributed by atoms with E-state index in [4.69, 9.17) is 0 Å². The van der Waals surface area contributed by atoms with Crippen molar-refractivity contribution in [1.29, 1.82) is 0 Å². The van der Waals surface area contributed by atoms with E-state index in [0.717, 1.165) is 26.2 Å². The summed E-state index contributed by atoms with van der Waals surface area (Å²) in [6.07, 6.45) is 0. The van der Waals surface area contributed by atoms with Gasteiger partial charge >= 0.3 is 5.91 Å². The molecule has 1 heterocycles. The lowest BCUT2D eigenvalue weighted by Crippen LogP contribution is -2.59. The highest BCUT2D eigenvalue weighted by atomic mass is 16.5. The number of hydrogen-bond donors (Lipinski definition) is 2. The number of piperazine rings is 1. The standard InChI is InChI=1S/C16H24N4O3/c1-13(21)17-14-5-4-6-15(11-14)19(23)16(22)12-20(3)9-7-18(2)8-10-20/h4-6,11,23H,7-10,12H2,1-3H3/p+1. The maximum atomic E-state index is 12.4. The zero-order valence-corrected chi connectivity index (χ0v) is 14.0. The first-order valence-electron chi connectivity index (χ1n) is 7.71. The molecule has 23 heavy (non-hydrogen) atoms. The average Bonchev–Trinajstić information content (AvgIpc) is 2.49. The highest BCUT2D eigenvalue weighted by Gasteiger charge is 2.31. The third-order valence-corrected chi connectivity index (χ3v) is 4.21. The van der Waals surface area contributed by atoms with Crippen molar-refractivity contribution in [3.63, 3.8) is 0 Å². The van der Waals surface area contributed by atoms with Gasteiger partial charge in [0, 0.05) is 25.7 Å². The molecule has 0 unspecified atom stereocenters. The number of likely N-dealkylation sites (N-methyl/N-ethyl adjacent to an activating group) is 2. The molecule has 1 aromatic rings. The van der Waals surface area contributed by atoms with Crippen molar-refractivity contribution in [3.8, 4) is 0 Å². The van der Waals surface area contributed by atoms with Crippen LogP contribution in [0.3, 0.4) is 0 Å². The Morgan fingerprint density at radius 2 is 2.00 bits per heavy atom. The fourth-order valence-electron chi connectivity index (χ4n) is 2.66. The summed E-state index contributed by atoms with van der Waals surface area (Å²) >= 11 is 0. The Morgan fingerprint density at radius 3 is 2.61 bits per heavy atom. The lowest BCUT2D eigenvalue weighted by atomic mass is 10.2. The molecule has 0 radical (unpaired) electrons. The normalized spacial score (nSPS) is 17.6. The van der Waals surface area contributed by atoms with E-state index in [1.807, 2.05) is 7.05 Å². The number of benzene rings is 1. The summed E-state index contributed by atoms with van der Waals surface area (Å²) in [6, 6.07) is 6.59. The molecule has 1 saturated heterocycles. The van der Waals surface area contributed by atoms with Crippen LogP contribution in [0.15, 0.2) is 24.3 Å². The van der Waals surface area contributed by atoms with E-state index in [1.54, 1.807) is 24.3 Å². The first-order chi connectivity index (χ1) is 10.8. The van der Waals surface area contributed by atoms with Gasteiger partial charge in [-0.3, -0.25) is 19.7 Å². The molecule has 1 aliphatic heterocycles. The van der Waals surface area contributed by atoms with E-state index in [2.05, 4.69) is 17.3 Å². The van der Waals surface area contributed by atoms with Gasteiger partial charge in [0.15, 0.2) is 6.54 Å². The maximum absolute atomic E-state index is 12.4. The zero-order valence-electron chi connectivity index (χ0n) is 14.0. The van der Waals surface area contributed by atoms with Gasteiger partial charge in [0.2, 0.25) is 5.91 Å². The summed E-state index contributed by atoms with van der Waals surface area (Å²) in [4.78, 5) is 25.7. The lowest BCUT2D eigenvalue weighted by Gasteiger charge is -2.40. The highest BCUT2D eigenvalue weighted by molar-refractivity contribution is 5.94. The van der Waals surface area contributed by atoms with Crippen molar-refractivity contribution in [1.82, 2.24) is 4.90 Å². The van der Waals surface area contributed by atoms with Crippen molar-refractivity contribution in [2.24, 2.45) is 0 Å². The molecule has 0 atom stereocenters. The predicted molar refractivity (Wildman–Crippen MR) is 88.3 cm³/mol. The van der Waals surface area contributed by atoms with Crippen LogP contribution < -0.4 is 10.4 Å². The number of quaternary nitrogens is 1. The second-order valence-corrected chi connectivity index (χ2v) is 6.47. The first kappa shape index (κ1) is 17.4. The Balaban J connectivity index is 2.03. The topological polar surface area (TPSA) is 72.9 Å². The molecule has 0 bridgehead atoms. The van der Waals surface area contributed by atoms with E-state index in [9.17, 15) is 14.8 Å². The Hall–Kier alpha value is -1.96. The van der Waals surface area contributed by atoms with E-state index >= 15 is 0 Å². The lowest BCUT2D eigenvalue weighted by molar-refractivity contribution is -0.906. The third-order valence-electron chi connectivity index (χ3n) is 4.21. The number of nitrogens with one attached hydrogen (secondary N) is 1. The van der Waals surface area contributed by atoms with Crippen molar-refractivity contribution in [2.45, 2.75) is 6.92 Å². The molecule has 2 amide bonds.